The third-order valence-corrected chi connectivity index (χ3v) is 7.06. The predicted molar refractivity (Wildman–Crippen MR) is 129 cm³/mol. The van der Waals surface area contributed by atoms with Crippen molar-refractivity contribution in [3.05, 3.63) is 69.2 Å². The SMILES string of the molecule is COc1ccc2[nH]c3c(c2c1)CCC[C@@H]3NC(=O)COc1ccc2c3c(c(=O)oc2c1)CCC3. The van der Waals surface area contributed by atoms with Gasteiger partial charge in [0.1, 0.15) is 17.1 Å². The van der Waals surface area contributed by atoms with Gasteiger partial charge in [-0.15, -0.1) is 0 Å². The second-order valence-corrected chi connectivity index (χ2v) is 9.09. The van der Waals surface area contributed by atoms with Crippen LogP contribution in [0, 0.1) is 0 Å². The minimum Gasteiger partial charge on any atom is -0.497 e. The standard InChI is InChI=1S/C27H26N2O5/c1-32-15-9-11-22-21(12-15)19-5-3-7-23(26(19)29-22)28-25(30)14-33-16-8-10-18-17-4-2-6-20(17)27(31)34-24(18)13-16/h8-13,23,29H,2-7,14H2,1H3,(H,28,30)/t23-/m0/s1. The maximum Gasteiger partial charge on any atom is 0.339 e. The molecule has 2 aromatic carbocycles. The highest BCUT2D eigenvalue weighted by Gasteiger charge is 2.26. The van der Waals surface area contributed by atoms with Gasteiger partial charge in [-0.2, -0.15) is 0 Å². The molecule has 0 radical (unpaired) electrons. The van der Waals surface area contributed by atoms with Gasteiger partial charge in [0, 0.05) is 33.6 Å². The highest BCUT2D eigenvalue weighted by Crippen LogP contribution is 2.36. The van der Waals surface area contributed by atoms with Crippen LogP contribution in [0.25, 0.3) is 21.9 Å². The molecule has 0 spiro atoms. The average Bonchev–Trinajstić information content (AvgIpc) is 3.48. The number of rotatable bonds is 5. The lowest BCUT2D eigenvalue weighted by molar-refractivity contribution is -0.124. The third kappa shape index (κ3) is 3.52. The van der Waals surface area contributed by atoms with Gasteiger partial charge in [-0.25, -0.2) is 4.79 Å². The zero-order chi connectivity index (χ0) is 23.2. The molecule has 6 rings (SSSR count). The molecule has 174 valence electrons. The summed E-state index contributed by atoms with van der Waals surface area (Å²) in [6.45, 7) is -0.111. The molecule has 2 heterocycles. The number of aromatic amines is 1. The minimum atomic E-state index is -0.265. The molecular formula is C27H26N2O5. The fraction of sp³-hybridized carbons (Fsp3) is 0.333. The van der Waals surface area contributed by atoms with Gasteiger partial charge in [0.05, 0.1) is 13.2 Å². The molecule has 0 saturated carbocycles. The number of methoxy groups -OCH3 is 1. The van der Waals surface area contributed by atoms with E-state index in [0.717, 1.165) is 77.4 Å². The Bertz CT molecular complexity index is 1480. The maximum atomic E-state index is 12.7. The van der Waals surface area contributed by atoms with Crippen molar-refractivity contribution in [1.82, 2.24) is 10.3 Å². The molecule has 0 fully saturated rings. The van der Waals surface area contributed by atoms with Crippen LogP contribution < -0.4 is 20.4 Å². The quantitative estimate of drug-likeness (QED) is 0.434. The lowest BCUT2D eigenvalue weighted by Crippen LogP contribution is -2.34. The number of fused-ring (bicyclic) bond motifs is 6. The van der Waals surface area contributed by atoms with E-state index in [4.69, 9.17) is 13.9 Å². The number of carbonyl (C=O) groups is 1. The van der Waals surface area contributed by atoms with Gasteiger partial charge in [0.2, 0.25) is 0 Å². The fourth-order valence-corrected chi connectivity index (χ4v) is 5.45. The number of H-pyrrole nitrogens is 1. The van der Waals surface area contributed by atoms with Crippen LogP contribution in [0.4, 0.5) is 0 Å². The Morgan fingerprint density at radius 2 is 1.85 bits per heavy atom. The van der Waals surface area contributed by atoms with Gasteiger partial charge in [-0.05, 0) is 80.0 Å². The first-order valence-electron chi connectivity index (χ1n) is 11.8. The van der Waals surface area contributed by atoms with Crippen LogP contribution in [-0.2, 0) is 24.1 Å². The number of aromatic nitrogens is 1. The van der Waals surface area contributed by atoms with Crippen LogP contribution >= 0.6 is 0 Å². The molecule has 7 nitrogen and oxygen atoms in total. The normalized spacial score (nSPS) is 16.9. The molecule has 0 bridgehead atoms. The molecule has 7 heteroatoms. The van der Waals surface area contributed by atoms with Gasteiger partial charge in [0.15, 0.2) is 6.61 Å². The molecule has 4 aromatic rings. The van der Waals surface area contributed by atoms with E-state index in [9.17, 15) is 9.59 Å². The van der Waals surface area contributed by atoms with Crippen molar-refractivity contribution in [1.29, 1.82) is 0 Å². The Kier molecular flexibility index (Phi) is 5.05. The molecule has 0 aliphatic heterocycles. The van der Waals surface area contributed by atoms with Crippen molar-refractivity contribution in [3.63, 3.8) is 0 Å². The van der Waals surface area contributed by atoms with Crippen LogP contribution in [0.2, 0.25) is 0 Å². The van der Waals surface area contributed by atoms with Gasteiger partial charge >= 0.3 is 5.63 Å². The summed E-state index contributed by atoms with van der Waals surface area (Å²) in [6.07, 6.45) is 5.48. The summed E-state index contributed by atoms with van der Waals surface area (Å²) >= 11 is 0. The lowest BCUT2D eigenvalue weighted by atomic mass is 9.91. The van der Waals surface area contributed by atoms with Crippen LogP contribution in [0.1, 0.15) is 47.7 Å². The number of carbonyl (C=O) groups excluding carboxylic acids is 1. The molecule has 2 aliphatic carbocycles. The van der Waals surface area contributed by atoms with E-state index >= 15 is 0 Å². The van der Waals surface area contributed by atoms with Crippen molar-refractivity contribution in [2.24, 2.45) is 0 Å². The van der Waals surface area contributed by atoms with E-state index in [1.54, 1.807) is 13.2 Å². The highest BCUT2D eigenvalue weighted by molar-refractivity contribution is 5.87. The lowest BCUT2D eigenvalue weighted by Gasteiger charge is -2.24. The summed E-state index contributed by atoms with van der Waals surface area (Å²) in [5.41, 5.74) is 5.47. The third-order valence-electron chi connectivity index (χ3n) is 7.06. The smallest absolute Gasteiger partial charge is 0.339 e. The molecule has 2 aliphatic rings. The molecule has 2 N–H and O–H groups in total. The van der Waals surface area contributed by atoms with E-state index < -0.39 is 0 Å². The van der Waals surface area contributed by atoms with Crippen molar-refractivity contribution < 1.29 is 18.7 Å². The topological polar surface area (TPSA) is 93.6 Å². The Morgan fingerprint density at radius 1 is 1.03 bits per heavy atom. The van der Waals surface area contributed by atoms with Crippen molar-refractivity contribution in [3.8, 4) is 11.5 Å². The second kappa shape index (κ2) is 8.24. The number of aryl methyl sites for hydroxylation is 2. The first kappa shape index (κ1) is 20.8. The molecular weight excluding hydrogens is 432 g/mol. The van der Waals surface area contributed by atoms with Crippen molar-refractivity contribution >= 4 is 27.8 Å². The molecule has 1 atom stereocenters. The number of ether oxygens (including phenoxy) is 2. The summed E-state index contributed by atoms with van der Waals surface area (Å²) in [5, 5.41) is 5.22. The van der Waals surface area contributed by atoms with E-state index in [2.05, 4.69) is 10.3 Å². The second-order valence-electron chi connectivity index (χ2n) is 9.09. The largest absolute Gasteiger partial charge is 0.497 e. The summed E-state index contributed by atoms with van der Waals surface area (Å²) in [7, 11) is 1.67. The van der Waals surface area contributed by atoms with Crippen LogP contribution in [0.5, 0.6) is 11.5 Å². The van der Waals surface area contributed by atoms with Gasteiger partial charge in [0.25, 0.3) is 5.91 Å². The van der Waals surface area contributed by atoms with E-state index in [0.29, 0.717) is 11.3 Å². The number of amides is 1. The summed E-state index contributed by atoms with van der Waals surface area (Å²) in [5.74, 6) is 1.14. The predicted octanol–water partition coefficient (Wildman–Crippen LogP) is 4.34. The van der Waals surface area contributed by atoms with Crippen LogP contribution in [-0.4, -0.2) is 24.6 Å². The molecule has 0 unspecified atom stereocenters. The number of nitrogens with one attached hydrogen (secondary N) is 2. The van der Waals surface area contributed by atoms with Crippen LogP contribution in [0.3, 0.4) is 0 Å². The number of hydrogen-bond donors (Lipinski definition) is 2. The van der Waals surface area contributed by atoms with Crippen LogP contribution in [0.15, 0.2) is 45.6 Å². The Labute approximate surface area is 196 Å². The van der Waals surface area contributed by atoms with E-state index in [-0.39, 0.29) is 24.2 Å². The van der Waals surface area contributed by atoms with Crippen molar-refractivity contribution in [2.45, 2.75) is 44.6 Å². The van der Waals surface area contributed by atoms with Crippen molar-refractivity contribution in [2.75, 3.05) is 13.7 Å². The monoisotopic (exact) mass is 458 g/mol. The van der Waals surface area contributed by atoms with E-state index in [1.807, 2.05) is 30.3 Å². The Balaban J connectivity index is 1.17. The van der Waals surface area contributed by atoms with Gasteiger partial charge < -0.3 is 24.2 Å². The van der Waals surface area contributed by atoms with Gasteiger partial charge in [-0.1, -0.05) is 0 Å². The Hall–Kier alpha value is -3.74. The molecule has 2 aromatic heterocycles. The zero-order valence-corrected chi connectivity index (χ0v) is 19.0. The van der Waals surface area contributed by atoms with Gasteiger partial charge in [-0.3, -0.25) is 4.79 Å². The average molecular weight is 459 g/mol. The minimum absolute atomic E-state index is 0.0875. The molecule has 34 heavy (non-hydrogen) atoms. The first-order valence-corrected chi connectivity index (χ1v) is 11.8. The maximum absolute atomic E-state index is 12.7. The molecule has 0 saturated heterocycles. The zero-order valence-electron chi connectivity index (χ0n) is 19.0. The van der Waals surface area contributed by atoms with E-state index in [1.165, 1.54) is 5.56 Å². The number of benzene rings is 2. The summed E-state index contributed by atoms with van der Waals surface area (Å²) < 4.78 is 16.6. The number of hydrogen-bond acceptors (Lipinski definition) is 5. The molecule has 1 amide bonds. The Morgan fingerprint density at radius 3 is 2.74 bits per heavy atom. The first-order chi connectivity index (χ1) is 16.6. The highest BCUT2D eigenvalue weighted by atomic mass is 16.5. The summed E-state index contributed by atoms with van der Waals surface area (Å²) in [4.78, 5) is 28.5. The fourth-order valence-electron chi connectivity index (χ4n) is 5.45. The summed E-state index contributed by atoms with van der Waals surface area (Å²) in [6, 6.07) is 11.4.